The molecule has 1 aliphatic heterocycles. The van der Waals surface area contributed by atoms with Crippen molar-refractivity contribution in [3.05, 3.63) is 59.2 Å². The first kappa shape index (κ1) is 24.0. The maximum Gasteiger partial charge on any atom is 0.232 e. The maximum absolute atomic E-state index is 13.0. The minimum absolute atomic E-state index is 0.0624. The van der Waals surface area contributed by atoms with Crippen LogP contribution < -0.4 is 9.46 Å². The number of aliphatic imine (C=N–C) groups is 1. The van der Waals surface area contributed by atoms with Crippen molar-refractivity contribution < 1.29 is 17.9 Å². The van der Waals surface area contributed by atoms with Crippen LogP contribution >= 0.6 is 0 Å². The highest BCUT2D eigenvalue weighted by Gasteiger charge is 2.28. The Hall–Kier alpha value is -2.67. The molecule has 2 aromatic rings. The zero-order valence-electron chi connectivity index (χ0n) is 19.3. The van der Waals surface area contributed by atoms with Crippen LogP contribution in [0.2, 0.25) is 0 Å². The summed E-state index contributed by atoms with van der Waals surface area (Å²) in [5, 5.41) is 0. The number of fused-ring (bicyclic) bond motifs is 1. The SMILES string of the molecule is CCCCCS(=O)(=O)Nc1ccc(C(=O)CC2=NC(C)(C)Cc3ccc(OC)cc32)cc1. The van der Waals surface area contributed by atoms with Crippen molar-refractivity contribution in [1.82, 2.24) is 0 Å². The lowest BCUT2D eigenvalue weighted by Gasteiger charge is -2.29. The topological polar surface area (TPSA) is 84.8 Å². The highest BCUT2D eigenvalue weighted by molar-refractivity contribution is 7.92. The molecule has 32 heavy (non-hydrogen) atoms. The molecule has 0 radical (unpaired) electrons. The van der Waals surface area contributed by atoms with Crippen LogP contribution in [0.3, 0.4) is 0 Å². The number of ether oxygens (including phenoxy) is 1. The molecule has 0 saturated heterocycles. The van der Waals surface area contributed by atoms with Crippen LogP contribution in [0.15, 0.2) is 47.5 Å². The fourth-order valence-electron chi connectivity index (χ4n) is 3.92. The summed E-state index contributed by atoms with van der Waals surface area (Å²) in [6.45, 7) is 6.16. The molecule has 0 atom stereocenters. The average Bonchev–Trinajstić information content (AvgIpc) is 2.73. The van der Waals surface area contributed by atoms with Crippen LogP contribution in [0.25, 0.3) is 0 Å². The summed E-state index contributed by atoms with van der Waals surface area (Å²) in [4.78, 5) is 17.9. The summed E-state index contributed by atoms with van der Waals surface area (Å²) in [5.41, 5.74) is 3.56. The highest BCUT2D eigenvalue weighted by atomic mass is 32.2. The Kier molecular flexibility index (Phi) is 7.39. The lowest BCUT2D eigenvalue weighted by Crippen LogP contribution is -2.30. The number of anilines is 1. The van der Waals surface area contributed by atoms with Gasteiger partial charge in [-0.05, 0) is 68.7 Å². The molecule has 1 aliphatic rings. The first-order valence-corrected chi connectivity index (χ1v) is 12.7. The number of Topliss-reactive ketones (excluding diaryl/α,β-unsaturated/α-hetero) is 1. The van der Waals surface area contributed by atoms with E-state index in [9.17, 15) is 13.2 Å². The summed E-state index contributed by atoms with van der Waals surface area (Å²) >= 11 is 0. The Morgan fingerprint density at radius 3 is 2.50 bits per heavy atom. The van der Waals surface area contributed by atoms with E-state index in [0.717, 1.165) is 41.9 Å². The van der Waals surface area contributed by atoms with Crippen molar-refractivity contribution in [1.29, 1.82) is 0 Å². The van der Waals surface area contributed by atoms with Crippen LogP contribution in [0.1, 0.15) is 67.9 Å². The van der Waals surface area contributed by atoms with Gasteiger partial charge < -0.3 is 4.74 Å². The average molecular weight is 457 g/mol. The molecule has 7 heteroatoms. The normalized spacial score (nSPS) is 14.9. The first-order valence-electron chi connectivity index (χ1n) is 11.0. The third kappa shape index (κ3) is 6.19. The van der Waals surface area contributed by atoms with Gasteiger partial charge in [-0.2, -0.15) is 0 Å². The second-order valence-electron chi connectivity index (χ2n) is 8.88. The number of carbonyl (C=O) groups excluding carboxylic acids is 1. The molecule has 1 heterocycles. The number of hydrogen-bond acceptors (Lipinski definition) is 5. The molecule has 0 amide bonds. The fraction of sp³-hybridized carbons (Fsp3) is 0.440. The number of benzene rings is 2. The van der Waals surface area contributed by atoms with Gasteiger partial charge in [-0.3, -0.25) is 14.5 Å². The van der Waals surface area contributed by atoms with E-state index in [1.165, 1.54) is 0 Å². The Labute approximate surface area is 191 Å². The summed E-state index contributed by atoms with van der Waals surface area (Å²) < 4.78 is 32.3. The van der Waals surface area contributed by atoms with E-state index in [4.69, 9.17) is 9.73 Å². The largest absolute Gasteiger partial charge is 0.497 e. The number of unbranched alkanes of at least 4 members (excludes halogenated alkanes) is 2. The Morgan fingerprint density at radius 2 is 1.84 bits per heavy atom. The van der Waals surface area contributed by atoms with Crippen LogP contribution in [-0.2, 0) is 16.4 Å². The minimum atomic E-state index is -3.38. The number of methoxy groups -OCH3 is 1. The molecule has 0 aliphatic carbocycles. The number of nitrogens with one attached hydrogen (secondary N) is 1. The number of hydrogen-bond donors (Lipinski definition) is 1. The van der Waals surface area contributed by atoms with Crippen molar-refractivity contribution in [2.45, 2.75) is 58.4 Å². The summed E-state index contributed by atoms with van der Waals surface area (Å²) in [7, 11) is -1.76. The summed E-state index contributed by atoms with van der Waals surface area (Å²) in [5.74, 6) is 0.770. The Morgan fingerprint density at radius 1 is 1.12 bits per heavy atom. The smallest absolute Gasteiger partial charge is 0.232 e. The molecule has 172 valence electrons. The van der Waals surface area contributed by atoms with E-state index in [1.807, 2.05) is 25.1 Å². The monoisotopic (exact) mass is 456 g/mol. The molecule has 0 unspecified atom stereocenters. The van der Waals surface area contributed by atoms with E-state index < -0.39 is 10.0 Å². The third-order valence-electron chi connectivity index (χ3n) is 5.51. The van der Waals surface area contributed by atoms with Crippen molar-refractivity contribution >= 4 is 27.2 Å². The van der Waals surface area contributed by atoms with E-state index in [1.54, 1.807) is 31.4 Å². The van der Waals surface area contributed by atoms with Crippen molar-refractivity contribution in [2.24, 2.45) is 4.99 Å². The van der Waals surface area contributed by atoms with Gasteiger partial charge in [0, 0.05) is 16.8 Å². The van der Waals surface area contributed by atoms with Crippen molar-refractivity contribution in [3.63, 3.8) is 0 Å². The van der Waals surface area contributed by atoms with Gasteiger partial charge in [0.25, 0.3) is 0 Å². The van der Waals surface area contributed by atoms with Gasteiger partial charge in [-0.25, -0.2) is 8.42 Å². The number of nitrogens with zero attached hydrogens (tertiary/aromatic N) is 1. The molecular formula is C25H32N2O4S. The number of rotatable bonds is 10. The Balaban J connectivity index is 1.74. The van der Waals surface area contributed by atoms with Crippen LogP contribution in [-0.4, -0.2) is 38.3 Å². The van der Waals surface area contributed by atoms with E-state index in [0.29, 0.717) is 17.7 Å². The minimum Gasteiger partial charge on any atom is -0.497 e. The lowest BCUT2D eigenvalue weighted by atomic mass is 9.85. The second kappa shape index (κ2) is 9.86. The molecule has 0 saturated carbocycles. The van der Waals surface area contributed by atoms with Gasteiger partial charge in [0.05, 0.1) is 30.5 Å². The van der Waals surface area contributed by atoms with E-state index in [-0.39, 0.29) is 23.5 Å². The predicted octanol–water partition coefficient (Wildman–Crippen LogP) is 5.02. The molecule has 0 bridgehead atoms. The highest BCUT2D eigenvalue weighted by Crippen LogP contribution is 2.31. The standard InChI is InChI=1S/C25H32N2O4S/c1-5-6-7-14-32(29,30)27-20-11-8-18(9-12-20)24(28)16-23-22-15-21(31-4)13-10-19(22)17-25(2,3)26-23/h8-13,15,27H,5-7,14,16-17H2,1-4H3. The van der Waals surface area contributed by atoms with Gasteiger partial charge in [-0.15, -0.1) is 0 Å². The molecule has 1 N–H and O–H groups in total. The quantitative estimate of drug-likeness (QED) is 0.402. The summed E-state index contributed by atoms with van der Waals surface area (Å²) in [6, 6.07) is 12.5. The lowest BCUT2D eigenvalue weighted by molar-refractivity contribution is 0.100. The summed E-state index contributed by atoms with van der Waals surface area (Å²) in [6.07, 6.45) is 3.45. The first-order chi connectivity index (χ1) is 15.1. The maximum atomic E-state index is 13.0. The molecule has 0 aromatic heterocycles. The second-order valence-corrected chi connectivity index (χ2v) is 10.7. The van der Waals surface area contributed by atoms with Crippen molar-refractivity contribution in [3.8, 4) is 5.75 Å². The van der Waals surface area contributed by atoms with E-state index in [2.05, 4.69) is 18.6 Å². The zero-order valence-corrected chi connectivity index (χ0v) is 20.1. The van der Waals surface area contributed by atoms with E-state index >= 15 is 0 Å². The van der Waals surface area contributed by atoms with Gasteiger partial charge in [0.2, 0.25) is 10.0 Å². The third-order valence-corrected chi connectivity index (χ3v) is 6.89. The number of sulfonamides is 1. The van der Waals surface area contributed by atoms with Crippen LogP contribution in [0.4, 0.5) is 5.69 Å². The zero-order chi connectivity index (χ0) is 23.4. The van der Waals surface area contributed by atoms with Gasteiger partial charge in [0.15, 0.2) is 5.78 Å². The van der Waals surface area contributed by atoms with Crippen molar-refractivity contribution in [2.75, 3.05) is 17.6 Å². The van der Waals surface area contributed by atoms with Crippen LogP contribution in [0, 0.1) is 0 Å². The van der Waals surface area contributed by atoms with Gasteiger partial charge >= 0.3 is 0 Å². The number of carbonyl (C=O) groups is 1. The molecule has 0 fully saturated rings. The van der Waals surface area contributed by atoms with Crippen LogP contribution in [0.5, 0.6) is 5.75 Å². The number of ketones is 1. The molecule has 0 spiro atoms. The predicted molar refractivity (Wildman–Crippen MR) is 130 cm³/mol. The molecule has 3 rings (SSSR count). The van der Waals surface area contributed by atoms with Gasteiger partial charge in [0.1, 0.15) is 5.75 Å². The molecule has 6 nitrogen and oxygen atoms in total. The fourth-order valence-corrected chi connectivity index (χ4v) is 5.10. The Bertz CT molecular complexity index is 1100. The molecule has 2 aromatic carbocycles. The molecular weight excluding hydrogens is 424 g/mol. The van der Waals surface area contributed by atoms with Gasteiger partial charge in [-0.1, -0.05) is 25.8 Å².